The Kier molecular flexibility index (Phi) is 7.47. The highest BCUT2D eigenvalue weighted by atomic mass is 16.5. The molecule has 0 bridgehead atoms. The van der Waals surface area contributed by atoms with E-state index in [9.17, 15) is 55.9 Å². The first-order valence-electron chi connectivity index (χ1n) is 12.3. The molecule has 2 saturated heterocycles. The second-order valence-corrected chi connectivity index (χ2v) is 9.80. The van der Waals surface area contributed by atoms with Crippen LogP contribution in [0.1, 0.15) is 23.3 Å². The predicted molar refractivity (Wildman–Crippen MR) is 132 cm³/mol. The van der Waals surface area contributed by atoms with Gasteiger partial charge in [0.2, 0.25) is 0 Å². The van der Waals surface area contributed by atoms with Crippen LogP contribution in [0.4, 0.5) is 0 Å². The van der Waals surface area contributed by atoms with Crippen molar-refractivity contribution in [3.8, 4) is 28.6 Å². The third-order valence-electron chi connectivity index (χ3n) is 7.31. The number of aromatic hydroxyl groups is 3. The van der Waals surface area contributed by atoms with Gasteiger partial charge in [-0.15, -0.1) is 0 Å². The number of hydrogen-bond acceptors (Lipinski definition) is 14. The van der Waals surface area contributed by atoms with Gasteiger partial charge < -0.3 is 65.0 Å². The first-order chi connectivity index (χ1) is 19.0. The largest absolute Gasteiger partial charge is 0.508 e. The number of ether oxygens (including phenoxy) is 2. The zero-order valence-corrected chi connectivity index (χ0v) is 20.6. The van der Waals surface area contributed by atoms with E-state index in [1.54, 1.807) is 0 Å². The van der Waals surface area contributed by atoms with E-state index in [4.69, 9.17) is 13.9 Å². The fourth-order valence-electron chi connectivity index (χ4n) is 5.11. The van der Waals surface area contributed by atoms with E-state index in [0.29, 0.717) is 5.56 Å². The second kappa shape index (κ2) is 10.6. The van der Waals surface area contributed by atoms with Crippen molar-refractivity contribution in [2.45, 2.75) is 54.9 Å². The fraction of sp³-hybridized carbons (Fsp3) is 0.423. The molecule has 2 aliphatic heterocycles. The molecular formula is C26H28O14. The Morgan fingerprint density at radius 2 is 1.43 bits per heavy atom. The standard InChI is InChI=1S/C26H28O14/c27-6-13-18(32)21(35)23(37)26(40-13)15-19(33)14-10(29)5-12(8-1-3-9(28)4-2-8)39-24(14)16(20(15)34)25-22(36)17(31)11(30)7-38-25/h1-5,11,13,17-18,21-23,25-28,30-37H,6-7H2/t11-,13?,17-,18-,21-,22?,23?,25-,26-/m0/s1. The molecule has 0 spiro atoms. The van der Waals surface area contributed by atoms with Crippen LogP contribution in [0.5, 0.6) is 17.2 Å². The molecule has 3 aromatic rings. The van der Waals surface area contributed by atoms with Crippen molar-refractivity contribution in [3.63, 3.8) is 0 Å². The Bertz CT molecular complexity index is 1450. The summed E-state index contributed by atoms with van der Waals surface area (Å²) in [7, 11) is 0. The lowest BCUT2D eigenvalue weighted by Crippen LogP contribution is -2.55. The Balaban J connectivity index is 1.80. The van der Waals surface area contributed by atoms with Crippen molar-refractivity contribution < 1.29 is 65.0 Å². The van der Waals surface area contributed by atoms with E-state index in [1.165, 1.54) is 24.3 Å². The van der Waals surface area contributed by atoms with Crippen molar-refractivity contribution in [2.24, 2.45) is 0 Å². The second-order valence-electron chi connectivity index (χ2n) is 9.80. The van der Waals surface area contributed by atoms with Crippen LogP contribution in [-0.4, -0.2) is 107 Å². The van der Waals surface area contributed by atoms with E-state index in [-0.39, 0.29) is 11.5 Å². The minimum Gasteiger partial charge on any atom is -0.508 e. The molecule has 40 heavy (non-hydrogen) atoms. The molecule has 216 valence electrons. The maximum atomic E-state index is 13.4. The lowest BCUT2D eigenvalue weighted by atomic mass is 9.85. The molecule has 0 saturated carbocycles. The van der Waals surface area contributed by atoms with Crippen LogP contribution in [0.2, 0.25) is 0 Å². The highest BCUT2D eigenvalue weighted by molar-refractivity contribution is 5.92. The van der Waals surface area contributed by atoms with Crippen molar-refractivity contribution in [1.82, 2.24) is 0 Å². The molecule has 10 N–H and O–H groups in total. The number of phenols is 3. The minimum absolute atomic E-state index is 0.0710. The minimum atomic E-state index is -1.98. The molecule has 2 fully saturated rings. The molecular weight excluding hydrogens is 536 g/mol. The number of aliphatic hydroxyl groups excluding tert-OH is 7. The lowest BCUT2D eigenvalue weighted by molar-refractivity contribution is -0.232. The Labute approximate surface area is 224 Å². The van der Waals surface area contributed by atoms with Gasteiger partial charge in [-0.05, 0) is 24.3 Å². The van der Waals surface area contributed by atoms with Crippen molar-refractivity contribution >= 4 is 11.0 Å². The van der Waals surface area contributed by atoms with Gasteiger partial charge in [0.15, 0.2) is 11.0 Å². The molecule has 3 unspecified atom stereocenters. The molecule has 14 heteroatoms. The van der Waals surface area contributed by atoms with Gasteiger partial charge in [-0.3, -0.25) is 4.79 Å². The predicted octanol–water partition coefficient (Wildman–Crippen LogP) is -1.75. The first kappa shape index (κ1) is 28.2. The van der Waals surface area contributed by atoms with Gasteiger partial charge in [-0.2, -0.15) is 0 Å². The van der Waals surface area contributed by atoms with E-state index >= 15 is 0 Å². The van der Waals surface area contributed by atoms with Crippen molar-refractivity contribution in [2.75, 3.05) is 13.2 Å². The highest BCUT2D eigenvalue weighted by Gasteiger charge is 2.48. The third kappa shape index (κ3) is 4.49. The number of hydrogen-bond donors (Lipinski definition) is 10. The number of fused-ring (bicyclic) bond motifs is 1. The molecule has 2 aliphatic rings. The summed E-state index contributed by atoms with van der Waals surface area (Å²) in [6, 6.07) is 6.50. The van der Waals surface area contributed by atoms with Crippen LogP contribution in [0.25, 0.3) is 22.3 Å². The summed E-state index contributed by atoms with van der Waals surface area (Å²) in [5.74, 6) is -2.01. The maximum Gasteiger partial charge on any atom is 0.197 e. The van der Waals surface area contributed by atoms with Crippen LogP contribution in [0.3, 0.4) is 0 Å². The van der Waals surface area contributed by atoms with Crippen molar-refractivity contribution in [1.29, 1.82) is 0 Å². The van der Waals surface area contributed by atoms with Crippen molar-refractivity contribution in [3.05, 3.63) is 51.7 Å². The average Bonchev–Trinajstić information content (AvgIpc) is 2.92. The quantitative estimate of drug-likeness (QED) is 0.169. The van der Waals surface area contributed by atoms with Gasteiger partial charge in [-0.25, -0.2) is 0 Å². The zero-order valence-electron chi connectivity index (χ0n) is 20.6. The van der Waals surface area contributed by atoms with Gasteiger partial charge in [0.25, 0.3) is 0 Å². The fourth-order valence-corrected chi connectivity index (χ4v) is 5.11. The molecule has 3 heterocycles. The van der Waals surface area contributed by atoms with E-state index in [0.717, 1.165) is 6.07 Å². The normalized spacial score (nSPS) is 32.8. The summed E-state index contributed by atoms with van der Waals surface area (Å²) in [5.41, 5.74) is -2.15. The Morgan fingerprint density at radius 1 is 0.775 bits per heavy atom. The molecule has 9 atom stereocenters. The molecule has 1 aromatic heterocycles. The number of aliphatic hydroxyl groups is 7. The van der Waals surface area contributed by atoms with Gasteiger partial charge >= 0.3 is 0 Å². The number of benzene rings is 2. The smallest absolute Gasteiger partial charge is 0.197 e. The van der Waals surface area contributed by atoms with E-state index in [2.05, 4.69) is 0 Å². The monoisotopic (exact) mass is 564 g/mol. The average molecular weight is 564 g/mol. The SMILES string of the molecule is O=c1cc(-c2ccc(O)cc2)oc2c([C@@H]3OC[C@H](O)[C@H](O)C3O)c(O)c([C@@H]3OC(CO)[C@H](O)[C@H](O)C3O)c(O)c12. The highest BCUT2D eigenvalue weighted by Crippen LogP contribution is 2.50. The summed E-state index contributed by atoms with van der Waals surface area (Å²) in [6.07, 6.45) is -15.7. The summed E-state index contributed by atoms with van der Waals surface area (Å²) < 4.78 is 16.9. The Hall–Kier alpha value is -3.31. The van der Waals surface area contributed by atoms with Gasteiger partial charge in [0.1, 0.15) is 83.3 Å². The summed E-state index contributed by atoms with van der Waals surface area (Å²) in [4.78, 5) is 13.4. The topological polar surface area (TPSA) is 251 Å². The summed E-state index contributed by atoms with van der Waals surface area (Å²) in [5, 5.41) is 104. The van der Waals surface area contributed by atoms with Crippen LogP contribution in [0.15, 0.2) is 39.5 Å². The summed E-state index contributed by atoms with van der Waals surface area (Å²) in [6.45, 7) is -1.34. The molecule has 5 rings (SSSR count). The lowest BCUT2D eigenvalue weighted by Gasteiger charge is -2.41. The van der Waals surface area contributed by atoms with Crippen LogP contribution in [0, 0.1) is 0 Å². The van der Waals surface area contributed by atoms with Crippen LogP contribution < -0.4 is 5.43 Å². The van der Waals surface area contributed by atoms with E-state index < -0.39 is 107 Å². The zero-order chi connectivity index (χ0) is 29.0. The number of rotatable bonds is 4. The molecule has 0 radical (unpaired) electrons. The van der Waals surface area contributed by atoms with Gasteiger partial charge in [0.05, 0.1) is 24.3 Å². The van der Waals surface area contributed by atoms with Gasteiger partial charge in [-0.1, -0.05) is 0 Å². The molecule has 0 amide bonds. The summed E-state index contributed by atoms with van der Waals surface area (Å²) >= 11 is 0. The molecule has 0 aliphatic carbocycles. The molecule has 2 aromatic carbocycles. The van der Waals surface area contributed by atoms with Gasteiger partial charge in [0, 0.05) is 11.6 Å². The third-order valence-corrected chi connectivity index (χ3v) is 7.31. The van der Waals surface area contributed by atoms with E-state index in [1.807, 2.05) is 0 Å². The molecule has 14 nitrogen and oxygen atoms in total. The number of phenolic OH excluding ortho intramolecular Hbond substituents is 3. The van der Waals surface area contributed by atoms with Crippen LogP contribution in [-0.2, 0) is 9.47 Å². The Morgan fingerprint density at radius 3 is 2.08 bits per heavy atom. The first-order valence-corrected chi connectivity index (χ1v) is 12.3. The van der Waals surface area contributed by atoms with Crippen LogP contribution >= 0.6 is 0 Å². The maximum absolute atomic E-state index is 13.4.